The van der Waals surface area contributed by atoms with Crippen molar-refractivity contribution < 1.29 is 14.4 Å². The second kappa shape index (κ2) is 8.01. The lowest BCUT2D eigenvalue weighted by Gasteiger charge is -2.17. The summed E-state index contributed by atoms with van der Waals surface area (Å²) in [6.45, 7) is 0.275. The Labute approximate surface area is 167 Å². The maximum absolute atomic E-state index is 12.3. The zero-order valence-corrected chi connectivity index (χ0v) is 16.7. The number of hydrogen-bond acceptors (Lipinski definition) is 3. The van der Waals surface area contributed by atoms with Crippen molar-refractivity contribution in [2.45, 2.75) is 6.42 Å². The van der Waals surface area contributed by atoms with Gasteiger partial charge in [-0.25, -0.2) is 0 Å². The van der Waals surface area contributed by atoms with Gasteiger partial charge in [0.2, 0.25) is 11.8 Å². The third kappa shape index (κ3) is 4.13. The molecule has 0 bridgehead atoms. The maximum Gasteiger partial charge on any atom is 0.270 e. The molecule has 0 spiro atoms. The van der Waals surface area contributed by atoms with Crippen LogP contribution in [0.1, 0.15) is 16.8 Å². The molecule has 2 N–H and O–H groups in total. The van der Waals surface area contributed by atoms with Crippen molar-refractivity contribution in [3.63, 3.8) is 0 Å². The number of halogens is 2. The van der Waals surface area contributed by atoms with Crippen LogP contribution in [0, 0.1) is 5.92 Å². The van der Waals surface area contributed by atoms with Gasteiger partial charge < -0.3 is 4.90 Å². The molecular formula is C18H15Br2N3O3. The first kappa shape index (κ1) is 18.6. The molecule has 1 aliphatic heterocycles. The Morgan fingerprint density at radius 3 is 2.38 bits per heavy atom. The molecular weight excluding hydrogens is 466 g/mol. The molecule has 3 amide bonds. The Balaban J connectivity index is 1.59. The highest BCUT2D eigenvalue weighted by molar-refractivity contribution is 9.10. The minimum Gasteiger partial charge on any atom is -0.312 e. The standard InChI is InChI=1S/C18H15Br2N3O3/c19-12-5-7-13(8-6-12)23-10-11(9-16(23)24)17(25)21-22-18(26)14-3-1-2-4-15(14)20/h1-8,11H,9-10H2,(H,21,25)(H,22,26)/t11-/m0/s1. The third-order valence-electron chi connectivity index (χ3n) is 4.05. The lowest BCUT2D eigenvalue weighted by molar-refractivity contribution is -0.126. The van der Waals surface area contributed by atoms with Gasteiger partial charge in [-0.05, 0) is 52.3 Å². The summed E-state index contributed by atoms with van der Waals surface area (Å²) in [6.07, 6.45) is 0.104. The van der Waals surface area contributed by atoms with E-state index in [1.165, 1.54) is 0 Å². The lowest BCUT2D eigenvalue weighted by Crippen LogP contribution is -2.45. The quantitative estimate of drug-likeness (QED) is 0.663. The van der Waals surface area contributed by atoms with Crippen LogP contribution in [0.5, 0.6) is 0 Å². The molecule has 0 unspecified atom stereocenters. The minimum absolute atomic E-state index is 0.104. The number of hydrazine groups is 1. The molecule has 0 radical (unpaired) electrons. The van der Waals surface area contributed by atoms with Gasteiger partial charge in [0.25, 0.3) is 5.91 Å². The first-order valence-corrected chi connectivity index (χ1v) is 9.45. The van der Waals surface area contributed by atoms with Gasteiger partial charge in [0, 0.05) is 27.6 Å². The Kier molecular flexibility index (Phi) is 5.73. The summed E-state index contributed by atoms with van der Waals surface area (Å²) < 4.78 is 1.54. The fourth-order valence-electron chi connectivity index (χ4n) is 2.69. The summed E-state index contributed by atoms with van der Waals surface area (Å²) in [5.41, 5.74) is 5.95. The zero-order chi connectivity index (χ0) is 18.7. The summed E-state index contributed by atoms with van der Waals surface area (Å²) in [7, 11) is 0. The summed E-state index contributed by atoms with van der Waals surface area (Å²) in [6, 6.07) is 14.2. The Morgan fingerprint density at radius 2 is 1.69 bits per heavy atom. The highest BCUT2D eigenvalue weighted by atomic mass is 79.9. The molecule has 8 heteroatoms. The number of benzene rings is 2. The summed E-state index contributed by atoms with van der Waals surface area (Å²) in [5, 5.41) is 0. The molecule has 6 nitrogen and oxygen atoms in total. The van der Waals surface area contributed by atoms with Crippen LogP contribution in [0.4, 0.5) is 5.69 Å². The Bertz CT molecular complexity index is 855. The fraction of sp³-hybridized carbons (Fsp3) is 0.167. The van der Waals surface area contributed by atoms with Gasteiger partial charge >= 0.3 is 0 Å². The molecule has 26 heavy (non-hydrogen) atoms. The molecule has 3 rings (SSSR count). The number of carbonyl (C=O) groups is 3. The van der Waals surface area contributed by atoms with Crippen molar-refractivity contribution in [1.82, 2.24) is 10.9 Å². The normalized spacial score (nSPS) is 16.5. The largest absolute Gasteiger partial charge is 0.312 e. The van der Waals surface area contributed by atoms with Gasteiger partial charge in [0.15, 0.2) is 0 Å². The van der Waals surface area contributed by atoms with Crippen LogP contribution in [0.25, 0.3) is 0 Å². The topological polar surface area (TPSA) is 78.5 Å². The van der Waals surface area contributed by atoms with Crippen LogP contribution >= 0.6 is 31.9 Å². The van der Waals surface area contributed by atoms with Crippen LogP contribution in [-0.4, -0.2) is 24.3 Å². The molecule has 0 aromatic heterocycles. The van der Waals surface area contributed by atoms with Crippen molar-refractivity contribution in [3.8, 4) is 0 Å². The molecule has 1 aliphatic rings. The van der Waals surface area contributed by atoms with Crippen LogP contribution < -0.4 is 15.8 Å². The average Bonchev–Trinajstić information content (AvgIpc) is 3.02. The van der Waals surface area contributed by atoms with Crippen molar-refractivity contribution in [2.75, 3.05) is 11.4 Å². The maximum atomic E-state index is 12.3. The van der Waals surface area contributed by atoms with E-state index in [4.69, 9.17) is 0 Å². The van der Waals surface area contributed by atoms with E-state index in [1.54, 1.807) is 29.2 Å². The first-order chi connectivity index (χ1) is 12.5. The molecule has 1 heterocycles. The zero-order valence-electron chi connectivity index (χ0n) is 13.5. The average molecular weight is 481 g/mol. The van der Waals surface area contributed by atoms with Crippen LogP contribution in [0.2, 0.25) is 0 Å². The number of hydrogen-bond donors (Lipinski definition) is 2. The van der Waals surface area contributed by atoms with E-state index in [9.17, 15) is 14.4 Å². The summed E-state index contributed by atoms with van der Waals surface area (Å²) in [5.74, 6) is -1.46. The van der Waals surface area contributed by atoms with Gasteiger partial charge in [-0.3, -0.25) is 25.2 Å². The van der Waals surface area contributed by atoms with E-state index in [2.05, 4.69) is 42.7 Å². The van der Waals surface area contributed by atoms with Gasteiger partial charge in [0.1, 0.15) is 0 Å². The van der Waals surface area contributed by atoms with E-state index in [1.807, 2.05) is 24.3 Å². The molecule has 1 saturated heterocycles. The van der Waals surface area contributed by atoms with Gasteiger partial charge in [0.05, 0.1) is 11.5 Å². The fourth-order valence-corrected chi connectivity index (χ4v) is 3.42. The van der Waals surface area contributed by atoms with Crippen LogP contribution in [-0.2, 0) is 9.59 Å². The van der Waals surface area contributed by atoms with Gasteiger partial charge in [-0.1, -0.05) is 28.1 Å². The molecule has 0 aliphatic carbocycles. The number of amides is 3. The van der Waals surface area contributed by atoms with E-state index in [0.717, 1.165) is 10.2 Å². The van der Waals surface area contributed by atoms with Crippen molar-refractivity contribution in [2.24, 2.45) is 5.92 Å². The SMILES string of the molecule is O=C(NNC(=O)[C@H]1CC(=O)N(c2ccc(Br)cc2)C1)c1ccccc1Br. The predicted octanol–water partition coefficient (Wildman–Crippen LogP) is 3.03. The first-order valence-electron chi connectivity index (χ1n) is 7.86. The van der Waals surface area contributed by atoms with E-state index >= 15 is 0 Å². The molecule has 2 aromatic carbocycles. The van der Waals surface area contributed by atoms with E-state index in [-0.39, 0.29) is 18.9 Å². The van der Waals surface area contributed by atoms with Crippen molar-refractivity contribution >= 4 is 55.3 Å². The van der Waals surface area contributed by atoms with Crippen LogP contribution in [0.15, 0.2) is 57.5 Å². The highest BCUT2D eigenvalue weighted by Crippen LogP contribution is 2.26. The molecule has 2 aromatic rings. The summed E-state index contributed by atoms with van der Waals surface area (Å²) >= 11 is 6.64. The number of anilines is 1. The molecule has 134 valence electrons. The Morgan fingerprint density at radius 1 is 1.00 bits per heavy atom. The number of carbonyl (C=O) groups excluding carboxylic acids is 3. The van der Waals surface area contributed by atoms with E-state index < -0.39 is 17.7 Å². The molecule has 0 saturated carbocycles. The second-order valence-corrected chi connectivity index (χ2v) is 7.58. The number of rotatable bonds is 3. The number of nitrogens with zero attached hydrogens (tertiary/aromatic N) is 1. The highest BCUT2D eigenvalue weighted by Gasteiger charge is 2.35. The van der Waals surface area contributed by atoms with Crippen molar-refractivity contribution in [1.29, 1.82) is 0 Å². The third-order valence-corrected chi connectivity index (χ3v) is 5.27. The number of nitrogens with one attached hydrogen (secondary N) is 2. The second-order valence-electron chi connectivity index (χ2n) is 5.81. The molecule has 1 atom stereocenters. The van der Waals surface area contributed by atoms with E-state index in [0.29, 0.717) is 10.0 Å². The van der Waals surface area contributed by atoms with Crippen LogP contribution in [0.3, 0.4) is 0 Å². The predicted molar refractivity (Wildman–Crippen MR) is 104 cm³/mol. The van der Waals surface area contributed by atoms with Gasteiger partial charge in [-0.15, -0.1) is 0 Å². The monoisotopic (exact) mass is 479 g/mol. The molecule has 1 fully saturated rings. The van der Waals surface area contributed by atoms with Gasteiger partial charge in [-0.2, -0.15) is 0 Å². The smallest absolute Gasteiger partial charge is 0.270 e. The lowest BCUT2D eigenvalue weighted by atomic mass is 10.1. The Hall–Kier alpha value is -2.19. The van der Waals surface area contributed by atoms with Crippen molar-refractivity contribution in [3.05, 3.63) is 63.0 Å². The minimum atomic E-state index is -0.523. The summed E-state index contributed by atoms with van der Waals surface area (Å²) in [4.78, 5) is 38.2.